The van der Waals surface area contributed by atoms with E-state index in [-0.39, 0.29) is 0 Å². The smallest absolute Gasteiger partial charge is 0.0992 e. The number of rotatable bonds is 2. The van der Waals surface area contributed by atoms with Gasteiger partial charge in [0, 0.05) is 19.1 Å². The second-order valence-electron chi connectivity index (χ2n) is 4.46. The topological polar surface area (TPSA) is 47.9 Å². The van der Waals surface area contributed by atoms with Crippen molar-refractivity contribution in [2.24, 2.45) is 11.8 Å². The molecule has 4 heteroatoms. The third-order valence-corrected chi connectivity index (χ3v) is 3.82. The zero-order chi connectivity index (χ0) is 11.1. The summed E-state index contributed by atoms with van der Waals surface area (Å²) in [6, 6.07) is 8.04. The molecule has 0 spiro atoms. The molecule has 1 saturated carbocycles. The number of nitriles is 1. The number of hydrogen-bond donors (Lipinski definition) is 2. The molecule has 2 N–H and O–H groups in total. The Morgan fingerprint density at radius 3 is 2.75 bits per heavy atom. The van der Waals surface area contributed by atoms with Crippen LogP contribution >= 0.6 is 11.6 Å². The summed E-state index contributed by atoms with van der Waals surface area (Å²) in [5.74, 6) is 1.51. The van der Waals surface area contributed by atoms with Gasteiger partial charge in [-0.2, -0.15) is 5.26 Å². The second-order valence-corrected chi connectivity index (χ2v) is 4.87. The van der Waals surface area contributed by atoms with Gasteiger partial charge in [0.2, 0.25) is 0 Å². The van der Waals surface area contributed by atoms with E-state index in [9.17, 15) is 0 Å². The number of nitrogens with one attached hydrogen (secondary N) is 2. The van der Waals surface area contributed by atoms with E-state index in [2.05, 4.69) is 16.7 Å². The SMILES string of the molecule is N#Cc1ccc(NC2C3CNCC32)c(Cl)c1. The molecule has 1 aliphatic carbocycles. The summed E-state index contributed by atoms with van der Waals surface area (Å²) in [7, 11) is 0. The minimum absolute atomic E-state index is 0.562. The van der Waals surface area contributed by atoms with Gasteiger partial charge in [-0.1, -0.05) is 11.6 Å². The van der Waals surface area contributed by atoms with E-state index >= 15 is 0 Å². The first-order valence-corrected chi connectivity index (χ1v) is 5.84. The highest BCUT2D eigenvalue weighted by Gasteiger charge is 2.52. The normalized spacial score (nSPS) is 30.6. The molecular weight excluding hydrogens is 222 g/mol. The highest BCUT2D eigenvalue weighted by atomic mass is 35.5. The van der Waals surface area contributed by atoms with Crippen LogP contribution in [0.4, 0.5) is 5.69 Å². The Morgan fingerprint density at radius 1 is 1.38 bits per heavy atom. The zero-order valence-electron chi connectivity index (χ0n) is 8.70. The van der Waals surface area contributed by atoms with Crippen LogP contribution in [-0.2, 0) is 0 Å². The molecule has 1 aliphatic heterocycles. The quantitative estimate of drug-likeness (QED) is 0.820. The molecule has 1 heterocycles. The van der Waals surface area contributed by atoms with Gasteiger partial charge in [0.15, 0.2) is 0 Å². The van der Waals surface area contributed by atoms with Crippen molar-refractivity contribution in [3.05, 3.63) is 28.8 Å². The van der Waals surface area contributed by atoms with Crippen LogP contribution in [0, 0.1) is 23.2 Å². The van der Waals surface area contributed by atoms with Crippen molar-refractivity contribution < 1.29 is 0 Å². The molecule has 1 aromatic carbocycles. The molecule has 0 amide bonds. The monoisotopic (exact) mass is 233 g/mol. The van der Waals surface area contributed by atoms with Gasteiger partial charge in [0.1, 0.15) is 0 Å². The Labute approximate surface area is 99.4 Å². The second kappa shape index (κ2) is 3.65. The van der Waals surface area contributed by atoms with E-state index in [1.165, 1.54) is 0 Å². The predicted molar refractivity (Wildman–Crippen MR) is 63.4 cm³/mol. The summed E-state index contributed by atoms with van der Waals surface area (Å²) in [4.78, 5) is 0. The highest BCUT2D eigenvalue weighted by Crippen LogP contribution is 2.44. The fourth-order valence-electron chi connectivity index (χ4n) is 2.51. The Morgan fingerprint density at radius 2 is 2.12 bits per heavy atom. The number of hydrogen-bond acceptors (Lipinski definition) is 3. The molecule has 0 aromatic heterocycles. The van der Waals surface area contributed by atoms with Gasteiger partial charge in [-0.15, -0.1) is 0 Å². The lowest BCUT2D eigenvalue weighted by Gasteiger charge is -2.10. The predicted octanol–water partition coefficient (Wildman–Crippen LogP) is 1.84. The van der Waals surface area contributed by atoms with Crippen molar-refractivity contribution in [3.8, 4) is 6.07 Å². The van der Waals surface area contributed by atoms with Crippen LogP contribution in [0.2, 0.25) is 5.02 Å². The summed E-state index contributed by atoms with van der Waals surface area (Å²) in [5.41, 5.74) is 1.55. The molecule has 0 bridgehead atoms. The summed E-state index contributed by atoms with van der Waals surface area (Å²) in [6.07, 6.45) is 0. The van der Waals surface area contributed by atoms with Gasteiger partial charge in [-0.3, -0.25) is 0 Å². The summed E-state index contributed by atoms with van der Waals surface area (Å²) < 4.78 is 0. The fraction of sp³-hybridized carbons (Fsp3) is 0.417. The van der Waals surface area contributed by atoms with Crippen LogP contribution in [0.5, 0.6) is 0 Å². The van der Waals surface area contributed by atoms with Gasteiger partial charge >= 0.3 is 0 Å². The Balaban J connectivity index is 1.74. The number of benzene rings is 1. The van der Waals surface area contributed by atoms with Crippen molar-refractivity contribution in [2.75, 3.05) is 18.4 Å². The first-order chi connectivity index (χ1) is 7.79. The minimum Gasteiger partial charge on any atom is -0.380 e. The maximum Gasteiger partial charge on any atom is 0.0992 e. The molecule has 1 saturated heterocycles. The lowest BCUT2D eigenvalue weighted by molar-refractivity contribution is 0.697. The standard InChI is InChI=1S/C12H12ClN3/c13-10-3-7(4-14)1-2-11(10)16-12-8-5-15-6-9(8)12/h1-3,8-9,12,15-16H,5-6H2. The maximum atomic E-state index is 8.74. The first-order valence-electron chi connectivity index (χ1n) is 5.46. The van der Waals surface area contributed by atoms with Gasteiger partial charge < -0.3 is 10.6 Å². The van der Waals surface area contributed by atoms with E-state index in [0.717, 1.165) is 30.6 Å². The summed E-state index contributed by atoms with van der Waals surface area (Å²) in [5, 5.41) is 16.2. The lowest BCUT2D eigenvalue weighted by atomic mass is 10.2. The number of piperidine rings is 1. The Kier molecular flexibility index (Phi) is 2.27. The van der Waals surface area contributed by atoms with E-state index in [0.29, 0.717) is 16.6 Å². The third kappa shape index (κ3) is 1.55. The van der Waals surface area contributed by atoms with Gasteiger partial charge in [0.25, 0.3) is 0 Å². The molecule has 2 atom stereocenters. The molecule has 2 aliphatic rings. The van der Waals surface area contributed by atoms with Crippen molar-refractivity contribution in [1.82, 2.24) is 5.32 Å². The largest absolute Gasteiger partial charge is 0.380 e. The molecule has 16 heavy (non-hydrogen) atoms. The highest BCUT2D eigenvalue weighted by molar-refractivity contribution is 6.33. The van der Waals surface area contributed by atoms with Crippen molar-refractivity contribution in [1.29, 1.82) is 5.26 Å². The first kappa shape index (κ1) is 9.95. The van der Waals surface area contributed by atoms with Crippen LogP contribution in [0.1, 0.15) is 5.56 Å². The average Bonchev–Trinajstić information content (AvgIpc) is 2.75. The van der Waals surface area contributed by atoms with Crippen molar-refractivity contribution in [3.63, 3.8) is 0 Å². The van der Waals surface area contributed by atoms with Gasteiger partial charge in [-0.05, 0) is 30.0 Å². The van der Waals surface area contributed by atoms with Gasteiger partial charge in [-0.25, -0.2) is 0 Å². The number of anilines is 1. The van der Waals surface area contributed by atoms with E-state index in [1.807, 2.05) is 6.07 Å². The Bertz CT molecular complexity index is 456. The fourth-order valence-corrected chi connectivity index (χ4v) is 2.75. The van der Waals surface area contributed by atoms with Crippen LogP contribution < -0.4 is 10.6 Å². The molecule has 2 fully saturated rings. The lowest BCUT2D eigenvalue weighted by Crippen LogP contribution is -2.21. The molecule has 3 nitrogen and oxygen atoms in total. The zero-order valence-corrected chi connectivity index (χ0v) is 9.46. The number of fused-ring (bicyclic) bond motifs is 1. The maximum absolute atomic E-state index is 8.74. The summed E-state index contributed by atoms with van der Waals surface area (Å²) in [6.45, 7) is 2.21. The van der Waals surface area contributed by atoms with E-state index in [4.69, 9.17) is 16.9 Å². The third-order valence-electron chi connectivity index (χ3n) is 3.51. The van der Waals surface area contributed by atoms with E-state index < -0.39 is 0 Å². The summed E-state index contributed by atoms with van der Waals surface area (Å²) >= 11 is 6.11. The average molecular weight is 234 g/mol. The van der Waals surface area contributed by atoms with Crippen molar-refractivity contribution in [2.45, 2.75) is 6.04 Å². The van der Waals surface area contributed by atoms with Crippen LogP contribution in [0.3, 0.4) is 0 Å². The van der Waals surface area contributed by atoms with Crippen molar-refractivity contribution >= 4 is 17.3 Å². The molecule has 2 unspecified atom stereocenters. The molecular formula is C12H12ClN3. The minimum atomic E-state index is 0.562. The molecule has 0 radical (unpaired) electrons. The van der Waals surface area contributed by atoms with Crippen LogP contribution in [0.15, 0.2) is 18.2 Å². The van der Waals surface area contributed by atoms with E-state index in [1.54, 1.807) is 12.1 Å². The van der Waals surface area contributed by atoms with Gasteiger partial charge in [0.05, 0.1) is 22.3 Å². The molecule has 3 rings (SSSR count). The van der Waals surface area contributed by atoms with Crippen LogP contribution in [0.25, 0.3) is 0 Å². The number of nitrogens with zero attached hydrogens (tertiary/aromatic N) is 1. The number of halogens is 1. The molecule has 1 aromatic rings. The molecule has 82 valence electrons. The Hall–Kier alpha value is -1.24. The van der Waals surface area contributed by atoms with Crippen LogP contribution in [-0.4, -0.2) is 19.1 Å².